The summed E-state index contributed by atoms with van der Waals surface area (Å²) in [4.78, 5) is 0. The van der Waals surface area contributed by atoms with E-state index in [0.717, 1.165) is 36.7 Å². The number of hydrogen-bond donors (Lipinski definition) is 2. The molecule has 1 atom stereocenters. The first kappa shape index (κ1) is 17.0. The van der Waals surface area contributed by atoms with Gasteiger partial charge in [0.25, 0.3) is 0 Å². The number of nitrogens with zero attached hydrogens (tertiary/aromatic N) is 2. The van der Waals surface area contributed by atoms with Crippen molar-refractivity contribution in [3.8, 4) is 0 Å². The number of hydrogen-bond acceptors (Lipinski definition) is 5. The summed E-state index contributed by atoms with van der Waals surface area (Å²) in [5.41, 5.74) is 1.86. The molecule has 3 rings (SSSR count). The second-order valence-corrected chi connectivity index (χ2v) is 8.57. The van der Waals surface area contributed by atoms with Crippen molar-refractivity contribution < 1.29 is 8.42 Å². The van der Waals surface area contributed by atoms with Crippen LogP contribution in [0.15, 0.2) is 36.4 Å². The molecule has 1 aliphatic rings. The van der Waals surface area contributed by atoms with Gasteiger partial charge in [-0.15, -0.1) is 0 Å². The first-order chi connectivity index (χ1) is 11.5. The lowest BCUT2D eigenvalue weighted by molar-refractivity contribution is 0.394. The third-order valence-electron chi connectivity index (χ3n) is 4.16. The van der Waals surface area contributed by atoms with Gasteiger partial charge in [-0.25, -0.2) is 13.1 Å². The zero-order valence-electron chi connectivity index (χ0n) is 13.9. The number of fused-ring (bicyclic) bond motifs is 1. The van der Waals surface area contributed by atoms with E-state index in [1.165, 1.54) is 0 Å². The van der Waals surface area contributed by atoms with Crippen LogP contribution in [0.5, 0.6) is 0 Å². The van der Waals surface area contributed by atoms with E-state index >= 15 is 0 Å². The van der Waals surface area contributed by atoms with Crippen LogP contribution in [0.1, 0.15) is 11.3 Å². The zero-order valence-corrected chi connectivity index (χ0v) is 14.7. The molecule has 0 bridgehead atoms. The van der Waals surface area contributed by atoms with Crippen molar-refractivity contribution in [3.63, 3.8) is 0 Å². The molecule has 1 aliphatic heterocycles. The molecule has 2 heterocycles. The molecular weight excluding hydrogens is 324 g/mol. The molecule has 0 saturated heterocycles. The minimum Gasteiger partial charge on any atom is -0.370 e. The van der Waals surface area contributed by atoms with Crippen molar-refractivity contribution in [2.45, 2.75) is 19.2 Å². The first-order valence-corrected chi connectivity index (χ1v) is 10.1. The summed E-state index contributed by atoms with van der Waals surface area (Å²) in [6.07, 6.45) is 0. The van der Waals surface area contributed by atoms with E-state index in [-0.39, 0.29) is 11.5 Å². The summed E-state index contributed by atoms with van der Waals surface area (Å²) in [7, 11) is -3.08. The van der Waals surface area contributed by atoms with E-state index in [2.05, 4.69) is 15.7 Å². The Balaban J connectivity index is 1.41. The van der Waals surface area contributed by atoms with Crippen molar-refractivity contribution in [1.82, 2.24) is 15.1 Å². The number of aromatic nitrogens is 2. The largest absolute Gasteiger partial charge is 0.370 e. The van der Waals surface area contributed by atoms with Gasteiger partial charge >= 0.3 is 0 Å². The van der Waals surface area contributed by atoms with E-state index in [0.29, 0.717) is 12.5 Å². The quantitative estimate of drug-likeness (QED) is 0.741. The highest BCUT2D eigenvalue weighted by Gasteiger charge is 2.19. The number of nitrogens with one attached hydrogen (secondary N) is 2. The van der Waals surface area contributed by atoms with Crippen LogP contribution >= 0.6 is 0 Å². The SMILES string of the molecule is Cc1cc2n(n1)C[C@@H](CNCCS(=O)(=O)Cc1ccccc1)CN2. The molecule has 7 heteroatoms. The van der Waals surface area contributed by atoms with Gasteiger partial charge in [0, 0.05) is 38.2 Å². The first-order valence-electron chi connectivity index (χ1n) is 8.25. The van der Waals surface area contributed by atoms with E-state index < -0.39 is 9.84 Å². The molecule has 6 nitrogen and oxygen atoms in total. The molecule has 0 spiro atoms. The number of anilines is 1. The molecule has 0 unspecified atom stereocenters. The molecule has 2 N–H and O–H groups in total. The van der Waals surface area contributed by atoms with Crippen molar-refractivity contribution in [2.75, 3.05) is 30.7 Å². The minimum absolute atomic E-state index is 0.108. The number of aryl methyl sites for hydroxylation is 1. The second-order valence-electron chi connectivity index (χ2n) is 6.38. The Hall–Kier alpha value is -1.86. The lowest BCUT2D eigenvalue weighted by Crippen LogP contribution is -2.36. The number of benzene rings is 1. The summed E-state index contributed by atoms with van der Waals surface area (Å²) in [5.74, 6) is 1.74. The predicted octanol–water partition coefficient (Wildman–Crippen LogP) is 1.44. The maximum atomic E-state index is 12.2. The Morgan fingerprint density at radius 3 is 2.92 bits per heavy atom. The monoisotopic (exact) mass is 348 g/mol. The van der Waals surface area contributed by atoms with Crippen LogP contribution in [0.3, 0.4) is 0 Å². The van der Waals surface area contributed by atoms with Crippen molar-refractivity contribution >= 4 is 15.7 Å². The molecule has 0 amide bonds. The third kappa shape index (κ3) is 4.58. The fourth-order valence-corrected chi connectivity index (χ4v) is 4.26. The Morgan fingerprint density at radius 1 is 1.33 bits per heavy atom. The molecule has 0 fully saturated rings. The van der Waals surface area contributed by atoms with Crippen LogP contribution in [0.25, 0.3) is 0 Å². The fraction of sp³-hybridized carbons (Fsp3) is 0.471. The molecule has 130 valence electrons. The molecule has 0 radical (unpaired) electrons. The molecule has 24 heavy (non-hydrogen) atoms. The summed E-state index contributed by atoms with van der Waals surface area (Å²) >= 11 is 0. The summed E-state index contributed by atoms with van der Waals surface area (Å²) in [6, 6.07) is 11.4. The van der Waals surface area contributed by atoms with Crippen LogP contribution in [-0.2, 0) is 22.1 Å². The van der Waals surface area contributed by atoms with E-state index in [4.69, 9.17) is 0 Å². The van der Waals surface area contributed by atoms with Crippen LogP contribution in [0.4, 0.5) is 5.82 Å². The Bertz CT molecular complexity index is 771. The Morgan fingerprint density at radius 2 is 2.12 bits per heavy atom. The highest BCUT2D eigenvalue weighted by Crippen LogP contribution is 2.17. The van der Waals surface area contributed by atoms with Gasteiger partial charge in [0.15, 0.2) is 9.84 Å². The molecular formula is C17H24N4O2S. The van der Waals surface area contributed by atoms with Crippen LogP contribution in [-0.4, -0.2) is 43.6 Å². The maximum absolute atomic E-state index is 12.2. The fourth-order valence-electron chi connectivity index (χ4n) is 2.96. The normalized spacial score (nSPS) is 17.3. The Labute approximate surface area is 143 Å². The highest BCUT2D eigenvalue weighted by atomic mass is 32.2. The van der Waals surface area contributed by atoms with Gasteiger partial charge in [-0.05, 0) is 12.5 Å². The van der Waals surface area contributed by atoms with Crippen LogP contribution < -0.4 is 10.6 Å². The predicted molar refractivity (Wildman–Crippen MR) is 95.7 cm³/mol. The van der Waals surface area contributed by atoms with Gasteiger partial charge in [-0.1, -0.05) is 30.3 Å². The number of rotatable bonds is 7. The van der Waals surface area contributed by atoms with Gasteiger partial charge in [0.1, 0.15) is 5.82 Å². The minimum atomic E-state index is -3.08. The molecule has 1 aromatic carbocycles. The van der Waals surface area contributed by atoms with Gasteiger partial charge in [0.2, 0.25) is 0 Å². The third-order valence-corrected chi connectivity index (χ3v) is 5.76. The van der Waals surface area contributed by atoms with Gasteiger partial charge < -0.3 is 10.6 Å². The second kappa shape index (κ2) is 7.36. The van der Waals surface area contributed by atoms with E-state index in [1.807, 2.05) is 48.0 Å². The topological polar surface area (TPSA) is 76.0 Å². The summed E-state index contributed by atoms with van der Waals surface area (Å²) < 4.78 is 26.3. The zero-order chi connectivity index (χ0) is 17.0. The molecule has 0 saturated carbocycles. The molecule has 0 aliphatic carbocycles. The lowest BCUT2D eigenvalue weighted by Gasteiger charge is -2.25. The van der Waals surface area contributed by atoms with Crippen molar-refractivity contribution in [3.05, 3.63) is 47.7 Å². The lowest BCUT2D eigenvalue weighted by atomic mass is 10.1. The maximum Gasteiger partial charge on any atom is 0.155 e. The summed E-state index contributed by atoms with van der Waals surface area (Å²) in [5, 5.41) is 11.1. The van der Waals surface area contributed by atoms with Crippen molar-refractivity contribution in [1.29, 1.82) is 0 Å². The van der Waals surface area contributed by atoms with Gasteiger partial charge in [0.05, 0.1) is 17.2 Å². The summed E-state index contributed by atoms with van der Waals surface area (Å²) in [6.45, 7) is 5.00. The van der Waals surface area contributed by atoms with Crippen molar-refractivity contribution in [2.24, 2.45) is 5.92 Å². The number of sulfone groups is 1. The van der Waals surface area contributed by atoms with Gasteiger partial charge in [-0.2, -0.15) is 5.10 Å². The highest BCUT2D eigenvalue weighted by molar-refractivity contribution is 7.90. The van der Waals surface area contributed by atoms with Crippen LogP contribution in [0, 0.1) is 12.8 Å². The van der Waals surface area contributed by atoms with E-state index in [1.54, 1.807) is 0 Å². The average Bonchev–Trinajstić information content (AvgIpc) is 2.91. The van der Waals surface area contributed by atoms with Gasteiger partial charge in [-0.3, -0.25) is 0 Å². The standard InChI is InChI=1S/C17H24N4O2S/c1-14-9-17-19-11-16(12-21(17)20-14)10-18-7-8-24(22,23)13-15-5-3-2-4-6-15/h2-6,9,16,18-19H,7-8,10-13H2,1H3/t16-/m0/s1. The van der Waals surface area contributed by atoms with Crippen LogP contribution in [0.2, 0.25) is 0 Å². The smallest absolute Gasteiger partial charge is 0.155 e. The average molecular weight is 348 g/mol. The molecule has 2 aromatic rings. The molecule has 1 aromatic heterocycles. The van der Waals surface area contributed by atoms with E-state index in [9.17, 15) is 8.42 Å². The Kier molecular flexibility index (Phi) is 5.20.